The van der Waals surface area contributed by atoms with Crippen LogP contribution in [0.4, 0.5) is 10.1 Å². The smallest absolute Gasteiger partial charge is 0.123 e. The molecule has 0 saturated heterocycles. The first-order valence-corrected chi connectivity index (χ1v) is 6.22. The molecule has 2 rings (SSSR count). The monoisotopic (exact) mass is 259 g/mol. The lowest BCUT2D eigenvalue weighted by molar-refractivity contribution is 0.465. The maximum absolute atomic E-state index is 13.2. The van der Waals surface area contributed by atoms with Crippen molar-refractivity contribution in [3.8, 4) is 5.75 Å². The average molecular weight is 259 g/mol. The fraction of sp³-hybridized carbons (Fsp3) is 0.250. The van der Waals surface area contributed by atoms with Crippen LogP contribution in [0.25, 0.3) is 0 Å². The summed E-state index contributed by atoms with van der Waals surface area (Å²) in [4.78, 5) is 1.99. The van der Waals surface area contributed by atoms with E-state index in [1.54, 1.807) is 0 Å². The number of nitrogens with zero attached hydrogens (tertiary/aromatic N) is 1. The Hall–Kier alpha value is -2.03. The van der Waals surface area contributed by atoms with Crippen molar-refractivity contribution in [3.05, 3.63) is 58.9 Å². The van der Waals surface area contributed by atoms with Gasteiger partial charge in [0.1, 0.15) is 11.6 Å². The van der Waals surface area contributed by atoms with Crippen LogP contribution in [0.15, 0.2) is 36.4 Å². The highest BCUT2D eigenvalue weighted by atomic mass is 19.1. The van der Waals surface area contributed by atoms with Gasteiger partial charge in [0, 0.05) is 24.8 Å². The average Bonchev–Trinajstić information content (AvgIpc) is 2.32. The van der Waals surface area contributed by atoms with E-state index >= 15 is 0 Å². The molecule has 0 fully saturated rings. The highest BCUT2D eigenvalue weighted by Gasteiger charge is 2.08. The third-order valence-electron chi connectivity index (χ3n) is 3.10. The topological polar surface area (TPSA) is 23.5 Å². The van der Waals surface area contributed by atoms with Crippen LogP contribution in [0.3, 0.4) is 0 Å². The molecular formula is C16H18FNO. The zero-order chi connectivity index (χ0) is 14.0. The maximum atomic E-state index is 13.2. The minimum absolute atomic E-state index is 0.123. The predicted octanol–water partition coefficient (Wildman–Crippen LogP) is 3.78. The summed E-state index contributed by atoms with van der Waals surface area (Å²) in [5, 5.41) is 9.75. The van der Waals surface area contributed by atoms with Gasteiger partial charge in [-0.1, -0.05) is 6.07 Å². The lowest BCUT2D eigenvalue weighted by atomic mass is 10.1. The van der Waals surface area contributed by atoms with Gasteiger partial charge in [-0.3, -0.25) is 0 Å². The van der Waals surface area contributed by atoms with Gasteiger partial charge < -0.3 is 10.0 Å². The second kappa shape index (κ2) is 5.31. The van der Waals surface area contributed by atoms with Crippen LogP contribution in [-0.4, -0.2) is 12.2 Å². The minimum atomic E-state index is -0.332. The van der Waals surface area contributed by atoms with Crippen molar-refractivity contribution in [1.29, 1.82) is 0 Å². The Morgan fingerprint density at radius 3 is 2.32 bits per heavy atom. The van der Waals surface area contributed by atoms with Crippen molar-refractivity contribution < 1.29 is 9.50 Å². The molecule has 1 N–H and O–H groups in total. The summed E-state index contributed by atoms with van der Waals surface area (Å²) in [5.41, 5.74) is 4.01. The summed E-state index contributed by atoms with van der Waals surface area (Å²) < 4.78 is 13.2. The van der Waals surface area contributed by atoms with Gasteiger partial charge in [0.15, 0.2) is 0 Å². The molecule has 2 aromatic rings. The van der Waals surface area contributed by atoms with Crippen molar-refractivity contribution in [2.24, 2.45) is 0 Å². The summed E-state index contributed by atoms with van der Waals surface area (Å²) in [6.45, 7) is 4.56. The fourth-order valence-corrected chi connectivity index (χ4v) is 2.20. The first kappa shape index (κ1) is 13.4. The molecule has 0 unspecified atom stereocenters. The van der Waals surface area contributed by atoms with E-state index in [0.29, 0.717) is 12.1 Å². The molecule has 0 aliphatic heterocycles. The minimum Gasteiger partial charge on any atom is -0.508 e. The third kappa shape index (κ3) is 3.25. The Labute approximate surface area is 113 Å². The molecule has 0 aliphatic carbocycles. The molecule has 3 heteroatoms. The summed E-state index contributed by atoms with van der Waals surface area (Å²) in [5.74, 6) is -0.209. The Bertz CT molecular complexity index is 575. The highest BCUT2D eigenvalue weighted by Crippen LogP contribution is 2.23. The quantitative estimate of drug-likeness (QED) is 0.906. The van der Waals surface area contributed by atoms with Crippen molar-refractivity contribution >= 4 is 5.69 Å². The molecule has 0 aromatic heterocycles. The van der Waals surface area contributed by atoms with Crippen molar-refractivity contribution in [2.45, 2.75) is 20.4 Å². The number of rotatable bonds is 3. The Morgan fingerprint density at radius 2 is 1.68 bits per heavy atom. The summed E-state index contributed by atoms with van der Waals surface area (Å²) >= 11 is 0. The number of hydrogen-bond acceptors (Lipinski definition) is 2. The van der Waals surface area contributed by atoms with Gasteiger partial charge >= 0.3 is 0 Å². The van der Waals surface area contributed by atoms with Gasteiger partial charge in [-0.05, 0) is 55.3 Å². The largest absolute Gasteiger partial charge is 0.508 e. The first-order chi connectivity index (χ1) is 8.95. The van der Waals surface area contributed by atoms with E-state index in [4.69, 9.17) is 0 Å². The molecular weight excluding hydrogens is 241 g/mol. The highest BCUT2D eigenvalue weighted by molar-refractivity contribution is 5.51. The molecule has 2 nitrogen and oxygen atoms in total. The Balaban J connectivity index is 2.25. The van der Waals surface area contributed by atoms with Gasteiger partial charge in [-0.15, -0.1) is 0 Å². The van der Waals surface area contributed by atoms with Gasteiger partial charge in [-0.25, -0.2) is 4.39 Å². The van der Waals surface area contributed by atoms with E-state index < -0.39 is 0 Å². The second-order valence-electron chi connectivity index (χ2n) is 4.98. The lowest BCUT2D eigenvalue weighted by Gasteiger charge is -2.21. The van der Waals surface area contributed by atoms with Crippen LogP contribution < -0.4 is 4.90 Å². The van der Waals surface area contributed by atoms with Crippen LogP contribution in [0, 0.1) is 19.7 Å². The summed E-state index contributed by atoms with van der Waals surface area (Å²) in [7, 11) is 1.93. The van der Waals surface area contributed by atoms with E-state index in [1.165, 1.54) is 29.3 Å². The number of benzene rings is 2. The number of aromatic hydroxyl groups is 1. The molecule has 0 radical (unpaired) electrons. The second-order valence-corrected chi connectivity index (χ2v) is 4.98. The molecule has 100 valence electrons. The van der Waals surface area contributed by atoms with Crippen molar-refractivity contribution in [1.82, 2.24) is 0 Å². The molecule has 0 saturated carbocycles. The van der Waals surface area contributed by atoms with Gasteiger partial charge in [-0.2, -0.15) is 0 Å². The maximum Gasteiger partial charge on any atom is 0.123 e. The van der Waals surface area contributed by atoms with Gasteiger partial charge in [0.2, 0.25) is 0 Å². The van der Waals surface area contributed by atoms with Crippen LogP contribution in [0.1, 0.15) is 16.7 Å². The number of halogens is 1. The number of aryl methyl sites for hydroxylation is 2. The molecule has 0 amide bonds. The van der Waals surface area contributed by atoms with Gasteiger partial charge in [0.05, 0.1) is 0 Å². The van der Waals surface area contributed by atoms with E-state index in [9.17, 15) is 9.50 Å². The van der Waals surface area contributed by atoms with Crippen LogP contribution in [-0.2, 0) is 6.54 Å². The SMILES string of the molecule is Cc1cc(C)cc(N(C)Cc2cc(F)ccc2O)c1. The molecule has 2 aromatic carbocycles. The predicted molar refractivity (Wildman–Crippen MR) is 76.1 cm³/mol. The zero-order valence-electron chi connectivity index (χ0n) is 11.4. The number of phenolic OH excluding ortho intramolecular Hbond substituents is 1. The summed E-state index contributed by atoms with van der Waals surface area (Å²) in [6, 6.07) is 10.3. The van der Waals surface area contributed by atoms with Crippen LogP contribution in [0.2, 0.25) is 0 Å². The molecule has 0 bridgehead atoms. The number of anilines is 1. The fourth-order valence-electron chi connectivity index (χ4n) is 2.20. The van der Waals surface area contributed by atoms with Crippen molar-refractivity contribution in [2.75, 3.05) is 11.9 Å². The number of hydrogen-bond donors (Lipinski definition) is 1. The van der Waals surface area contributed by atoms with E-state index in [-0.39, 0.29) is 11.6 Å². The summed E-state index contributed by atoms with van der Waals surface area (Å²) in [6.07, 6.45) is 0. The Morgan fingerprint density at radius 1 is 1.05 bits per heavy atom. The molecule has 19 heavy (non-hydrogen) atoms. The molecule has 0 atom stereocenters. The lowest BCUT2D eigenvalue weighted by Crippen LogP contribution is -2.16. The van der Waals surface area contributed by atoms with E-state index in [0.717, 1.165) is 5.69 Å². The van der Waals surface area contributed by atoms with Gasteiger partial charge in [0.25, 0.3) is 0 Å². The molecule has 0 aliphatic rings. The van der Waals surface area contributed by atoms with Crippen molar-refractivity contribution in [3.63, 3.8) is 0 Å². The normalized spacial score (nSPS) is 10.5. The molecule has 0 heterocycles. The Kier molecular flexibility index (Phi) is 3.74. The van der Waals surface area contributed by atoms with Crippen LogP contribution >= 0.6 is 0 Å². The standard InChI is InChI=1S/C16H18FNO/c1-11-6-12(2)8-15(7-11)18(3)10-13-9-14(17)4-5-16(13)19/h4-9,19H,10H2,1-3H3. The van der Waals surface area contributed by atoms with E-state index in [1.807, 2.05) is 25.8 Å². The zero-order valence-corrected chi connectivity index (χ0v) is 11.4. The molecule has 0 spiro atoms. The van der Waals surface area contributed by atoms with E-state index in [2.05, 4.69) is 18.2 Å². The first-order valence-electron chi connectivity index (χ1n) is 6.22. The third-order valence-corrected chi connectivity index (χ3v) is 3.10. The number of phenols is 1. The van der Waals surface area contributed by atoms with Crippen LogP contribution in [0.5, 0.6) is 5.75 Å².